The largest absolute Gasteiger partial charge is 0.384 e. The molecule has 1 aromatic heterocycles. The molecule has 0 bridgehead atoms. The van der Waals surface area contributed by atoms with E-state index in [2.05, 4.69) is 27.5 Å². The highest BCUT2D eigenvalue weighted by Crippen LogP contribution is 2.14. The number of nitro groups is 1. The number of non-ortho nitro benzene ring substituents is 1. The monoisotopic (exact) mass is 313 g/mol. The fourth-order valence-electron chi connectivity index (χ4n) is 1.62. The van der Waals surface area contributed by atoms with Crippen LogP contribution in [0, 0.1) is 10.1 Å². The average Bonchev–Trinajstić information content (AvgIpc) is 2.92. The maximum Gasteiger partial charge on any atom is 0.269 e. The number of thiophene rings is 1. The normalized spacial score (nSPS) is 9.80. The lowest BCUT2D eigenvalue weighted by molar-refractivity contribution is -0.384. The highest BCUT2D eigenvalue weighted by atomic mass is 35.5. The van der Waals surface area contributed by atoms with Gasteiger partial charge in [-0.1, -0.05) is 0 Å². The summed E-state index contributed by atoms with van der Waals surface area (Å²) < 4.78 is 0. The number of nitrogens with one attached hydrogen (secondary N) is 2. The Bertz CT molecular complexity index is 517. The van der Waals surface area contributed by atoms with E-state index >= 15 is 0 Å². The highest BCUT2D eigenvalue weighted by molar-refractivity contribution is 7.07. The van der Waals surface area contributed by atoms with Crippen LogP contribution in [-0.4, -0.2) is 18.0 Å². The molecule has 0 saturated carbocycles. The summed E-state index contributed by atoms with van der Waals surface area (Å²) in [4.78, 5) is 10.1. The molecule has 5 nitrogen and oxygen atoms in total. The van der Waals surface area contributed by atoms with Crippen molar-refractivity contribution in [3.8, 4) is 0 Å². The average molecular weight is 314 g/mol. The summed E-state index contributed by atoms with van der Waals surface area (Å²) in [6, 6.07) is 8.54. The van der Waals surface area contributed by atoms with Crippen LogP contribution in [0.25, 0.3) is 0 Å². The first-order valence-corrected chi connectivity index (χ1v) is 6.90. The van der Waals surface area contributed by atoms with Crippen LogP contribution in [0.15, 0.2) is 41.1 Å². The van der Waals surface area contributed by atoms with Crippen molar-refractivity contribution < 1.29 is 4.92 Å². The topological polar surface area (TPSA) is 67.2 Å². The molecule has 0 radical (unpaired) electrons. The maximum absolute atomic E-state index is 10.5. The second-order valence-corrected chi connectivity index (χ2v) is 4.82. The van der Waals surface area contributed by atoms with Crippen LogP contribution in [0.4, 0.5) is 11.4 Å². The van der Waals surface area contributed by atoms with E-state index in [0.717, 1.165) is 25.3 Å². The molecule has 2 aromatic rings. The van der Waals surface area contributed by atoms with Crippen LogP contribution >= 0.6 is 23.7 Å². The van der Waals surface area contributed by atoms with Crippen molar-refractivity contribution in [2.24, 2.45) is 0 Å². The summed E-state index contributed by atoms with van der Waals surface area (Å²) in [6.45, 7) is 2.49. The van der Waals surface area contributed by atoms with Gasteiger partial charge < -0.3 is 10.6 Å². The summed E-state index contributed by atoms with van der Waals surface area (Å²) in [5.74, 6) is 0. The zero-order valence-electron chi connectivity index (χ0n) is 10.7. The molecule has 0 aliphatic carbocycles. The molecule has 0 aliphatic rings. The lowest BCUT2D eigenvalue weighted by atomic mass is 10.3. The van der Waals surface area contributed by atoms with Gasteiger partial charge in [-0.25, -0.2) is 0 Å². The van der Waals surface area contributed by atoms with Crippen LogP contribution in [0.5, 0.6) is 0 Å². The first kappa shape index (κ1) is 16.4. The third kappa shape index (κ3) is 5.16. The zero-order valence-corrected chi connectivity index (χ0v) is 12.4. The number of halogens is 1. The third-order valence-electron chi connectivity index (χ3n) is 2.62. The standard InChI is InChI=1S/C13H15N3O2S.ClH/c17-16(18)13-3-1-12(2-4-13)15-7-6-14-9-11-5-8-19-10-11;/h1-5,8,10,14-15H,6-7,9H2;1H. The van der Waals surface area contributed by atoms with Crippen molar-refractivity contribution >= 4 is 35.1 Å². The fourth-order valence-corrected chi connectivity index (χ4v) is 2.29. The van der Waals surface area contributed by atoms with Gasteiger partial charge in [0.05, 0.1) is 4.92 Å². The van der Waals surface area contributed by atoms with Crippen molar-refractivity contribution in [3.63, 3.8) is 0 Å². The summed E-state index contributed by atoms with van der Waals surface area (Å²) >= 11 is 1.69. The van der Waals surface area contributed by atoms with E-state index in [1.165, 1.54) is 17.7 Å². The van der Waals surface area contributed by atoms with Crippen molar-refractivity contribution in [2.75, 3.05) is 18.4 Å². The Morgan fingerprint density at radius 3 is 2.50 bits per heavy atom. The van der Waals surface area contributed by atoms with Gasteiger partial charge in [-0.15, -0.1) is 12.4 Å². The molecule has 0 fully saturated rings. The van der Waals surface area contributed by atoms with Crippen molar-refractivity contribution in [1.29, 1.82) is 0 Å². The van der Waals surface area contributed by atoms with Gasteiger partial charge >= 0.3 is 0 Å². The van der Waals surface area contributed by atoms with Crippen LogP contribution in [0.3, 0.4) is 0 Å². The molecule has 7 heteroatoms. The van der Waals surface area contributed by atoms with E-state index in [9.17, 15) is 10.1 Å². The first-order valence-electron chi connectivity index (χ1n) is 5.96. The Hall–Kier alpha value is -1.63. The molecule has 0 amide bonds. The highest BCUT2D eigenvalue weighted by Gasteiger charge is 2.02. The molecule has 1 aromatic carbocycles. The lowest BCUT2D eigenvalue weighted by Gasteiger charge is -2.07. The van der Waals surface area contributed by atoms with Crippen LogP contribution in [0.1, 0.15) is 5.56 Å². The van der Waals surface area contributed by atoms with Crippen LogP contribution in [0.2, 0.25) is 0 Å². The molecule has 0 unspecified atom stereocenters. The second-order valence-electron chi connectivity index (χ2n) is 4.04. The molecule has 2 N–H and O–H groups in total. The van der Waals surface area contributed by atoms with Crippen molar-refractivity contribution in [1.82, 2.24) is 5.32 Å². The van der Waals surface area contributed by atoms with Gasteiger partial charge in [0.15, 0.2) is 0 Å². The molecule has 0 spiro atoms. The van der Waals surface area contributed by atoms with E-state index in [1.54, 1.807) is 23.5 Å². The van der Waals surface area contributed by atoms with Crippen molar-refractivity contribution in [2.45, 2.75) is 6.54 Å². The van der Waals surface area contributed by atoms with E-state index in [0.29, 0.717) is 0 Å². The minimum atomic E-state index is -0.397. The van der Waals surface area contributed by atoms with E-state index in [4.69, 9.17) is 0 Å². The van der Waals surface area contributed by atoms with E-state index in [-0.39, 0.29) is 18.1 Å². The summed E-state index contributed by atoms with van der Waals surface area (Å²) in [7, 11) is 0. The first-order chi connectivity index (χ1) is 9.25. The predicted molar refractivity (Wildman–Crippen MR) is 84.9 cm³/mol. The number of hydrogen-bond acceptors (Lipinski definition) is 5. The van der Waals surface area contributed by atoms with E-state index in [1.807, 2.05) is 0 Å². The number of rotatable bonds is 7. The van der Waals surface area contributed by atoms with Gasteiger partial charge in [0.25, 0.3) is 5.69 Å². The number of nitro benzene ring substituents is 1. The van der Waals surface area contributed by atoms with Gasteiger partial charge in [0.2, 0.25) is 0 Å². The minimum absolute atomic E-state index is 0. The van der Waals surface area contributed by atoms with Gasteiger partial charge in [0, 0.05) is 37.5 Å². The van der Waals surface area contributed by atoms with Crippen LogP contribution < -0.4 is 10.6 Å². The Morgan fingerprint density at radius 1 is 1.15 bits per heavy atom. The smallest absolute Gasteiger partial charge is 0.269 e. The Labute approximate surface area is 127 Å². The molecule has 0 aliphatic heterocycles. The summed E-state index contributed by atoms with van der Waals surface area (Å²) in [5.41, 5.74) is 2.30. The predicted octanol–water partition coefficient (Wildman–Crippen LogP) is 3.28. The Kier molecular flexibility index (Phi) is 7.00. The quantitative estimate of drug-likeness (QED) is 0.467. The van der Waals surface area contributed by atoms with Gasteiger partial charge in [0.1, 0.15) is 0 Å². The lowest BCUT2D eigenvalue weighted by Crippen LogP contribution is -2.21. The molecule has 20 heavy (non-hydrogen) atoms. The molecular weight excluding hydrogens is 298 g/mol. The van der Waals surface area contributed by atoms with Crippen molar-refractivity contribution in [3.05, 3.63) is 56.8 Å². The summed E-state index contributed by atoms with van der Waals surface area (Å²) in [6.07, 6.45) is 0. The number of nitrogens with zero attached hydrogens (tertiary/aromatic N) is 1. The zero-order chi connectivity index (χ0) is 13.5. The Balaban J connectivity index is 0.00000200. The molecule has 1 heterocycles. The molecule has 2 rings (SSSR count). The Morgan fingerprint density at radius 2 is 1.90 bits per heavy atom. The van der Waals surface area contributed by atoms with Crippen LogP contribution in [-0.2, 0) is 6.54 Å². The fraction of sp³-hybridized carbons (Fsp3) is 0.231. The molecule has 0 saturated heterocycles. The van der Waals surface area contributed by atoms with Gasteiger partial charge in [-0.05, 0) is 34.5 Å². The van der Waals surface area contributed by atoms with Gasteiger partial charge in [-0.3, -0.25) is 10.1 Å². The van der Waals surface area contributed by atoms with Gasteiger partial charge in [-0.2, -0.15) is 11.3 Å². The van der Waals surface area contributed by atoms with E-state index < -0.39 is 4.92 Å². The third-order valence-corrected chi connectivity index (χ3v) is 3.35. The number of benzene rings is 1. The summed E-state index contributed by atoms with van der Waals surface area (Å²) in [5, 5.41) is 21.2. The molecule has 0 atom stereocenters. The molecule has 108 valence electrons. The minimum Gasteiger partial charge on any atom is -0.384 e. The second kappa shape index (κ2) is 8.52. The molecular formula is C13H16ClN3O2S. The SMILES string of the molecule is Cl.O=[N+]([O-])c1ccc(NCCNCc2ccsc2)cc1. The maximum atomic E-state index is 10.5. The number of anilines is 1. The number of hydrogen-bond donors (Lipinski definition) is 2.